The highest BCUT2D eigenvalue weighted by Gasteiger charge is 2.55. The quantitative estimate of drug-likeness (QED) is 0.284. The van der Waals surface area contributed by atoms with Gasteiger partial charge in [-0.15, -0.1) is 0 Å². The number of ketones is 2. The summed E-state index contributed by atoms with van der Waals surface area (Å²) in [6.07, 6.45) is -1.56. The molecule has 2 aromatic carbocycles. The molecule has 0 spiro atoms. The fraction of sp³-hybridized carbons (Fsp3) is 0.571. The summed E-state index contributed by atoms with van der Waals surface area (Å²) in [5, 5.41) is 38.2. The van der Waals surface area contributed by atoms with E-state index in [1.165, 1.54) is 19.2 Å². The fourth-order valence-corrected chi connectivity index (χ4v) is 8.29. The molecular weight excluding hydrogens is 624 g/mol. The lowest BCUT2D eigenvalue weighted by Gasteiger charge is -2.43. The van der Waals surface area contributed by atoms with Crippen LogP contribution in [0.1, 0.15) is 95.5 Å². The summed E-state index contributed by atoms with van der Waals surface area (Å²) >= 11 is 0. The van der Waals surface area contributed by atoms with Crippen molar-refractivity contribution in [2.45, 2.75) is 107 Å². The third-order valence-electron chi connectivity index (χ3n) is 10.5. The minimum Gasteiger partial charge on any atom is -0.507 e. The number of fused-ring (bicyclic) bond motifs is 6. The molecular formula is C35H42N2O11. The van der Waals surface area contributed by atoms with Gasteiger partial charge in [-0.25, -0.2) is 0 Å². The van der Waals surface area contributed by atoms with E-state index in [4.69, 9.17) is 23.7 Å². The number of hydrogen-bond donors (Lipinski definition) is 4. The van der Waals surface area contributed by atoms with Crippen molar-refractivity contribution in [3.63, 3.8) is 0 Å². The average molecular weight is 667 g/mol. The van der Waals surface area contributed by atoms with Crippen molar-refractivity contribution in [1.29, 1.82) is 0 Å². The Morgan fingerprint density at radius 2 is 1.83 bits per heavy atom. The smallest absolute Gasteiger partial charge is 0.252 e. The predicted octanol–water partition coefficient (Wildman–Crippen LogP) is 2.48. The first-order valence-corrected chi connectivity index (χ1v) is 16.5. The van der Waals surface area contributed by atoms with Crippen molar-refractivity contribution in [3.8, 4) is 17.2 Å². The first-order valence-electron chi connectivity index (χ1n) is 16.5. The van der Waals surface area contributed by atoms with Gasteiger partial charge in [0.05, 0.1) is 42.1 Å². The normalized spacial score (nSPS) is 32.6. The Labute approximate surface area is 278 Å². The van der Waals surface area contributed by atoms with Crippen LogP contribution in [0, 0.1) is 0 Å². The summed E-state index contributed by atoms with van der Waals surface area (Å²) in [6.45, 7) is 6.21. The summed E-state index contributed by atoms with van der Waals surface area (Å²) in [5.74, 6) is -3.12. The Balaban J connectivity index is 1.30. The van der Waals surface area contributed by atoms with Crippen molar-refractivity contribution >= 4 is 17.5 Å². The molecule has 0 aromatic heterocycles. The van der Waals surface area contributed by atoms with E-state index >= 15 is 0 Å². The molecule has 13 heteroatoms. The number of carbonyl (C=O) groups is 3. The molecule has 3 saturated heterocycles. The number of ether oxygens (including phenoxy) is 5. The third kappa shape index (κ3) is 5.02. The van der Waals surface area contributed by atoms with Crippen LogP contribution in [0.2, 0.25) is 0 Å². The number of nitrogens with zero attached hydrogens (tertiary/aromatic N) is 1. The highest BCUT2D eigenvalue weighted by Crippen LogP contribution is 2.53. The Bertz CT molecular complexity index is 1680. The largest absolute Gasteiger partial charge is 0.507 e. The number of hydrogen-bond acceptors (Lipinski definition) is 12. The van der Waals surface area contributed by atoms with Gasteiger partial charge in [0.15, 0.2) is 12.1 Å². The summed E-state index contributed by atoms with van der Waals surface area (Å²) in [7, 11) is 3.04. The van der Waals surface area contributed by atoms with Crippen LogP contribution in [-0.4, -0.2) is 107 Å². The van der Waals surface area contributed by atoms with E-state index in [0.29, 0.717) is 6.42 Å². The van der Waals surface area contributed by atoms with E-state index in [1.807, 2.05) is 6.92 Å². The number of phenolic OH excluding ortho intramolecular Hbond substituents is 2. The predicted molar refractivity (Wildman–Crippen MR) is 168 cm³/mol. The molecule has 1 amide bonds. The van der Waals surface area contributed by atoms with Crippen molar-refractivity contribution in [2.24, 2.45) is 0 Å². The highest BCUT2D eigenvalue weighted by atomic mass is 16.7. The number of piperidine rings is 1. The Kier molecular flexibility index (Phi) is 8.28. The molecule has 3 fully saturated rings. The van der Waals surface area contributed by atoms with Crippen LogP contribution < -0.4 is 10.1 Å². The van der Waals surface area contributed by atoms with Crippen molar-refractivity contribution < 1.29 is 53.4 Å². The number of nitrogens with one attached hydrogen (secondary N) is 1. The molecule has 4 N–H and O–H groups in total. The standard InChI is InChI=1S/C35H42N2O11/c1-15(2)36-34(42)35(43)13-18-25(31(41)27-26(29(18)39)28(38)17-8-6-9-20(44-4)24(17)30(27)40)22(14-35)47-23-12-19-32(16(3)46-23)48-33-21(45-5)10-7-11-37(19)33/h6,8-9,15-16,19,21-23,32-33,39,41,43H,7,10-14H2,1-5H3,(H,36,42)/t16-,19?,21-,22-,23-,32+,33+,35-/m0/s1. The molecule has 0 radical (unpaired) electrons. The first-order chi connectivity index (χ1) is 22.9. The molecule has 1 unspecified atom stereocenters. The molecule has 7 rings (SSSR count). The third-order valence-corrected chi connectivity index (χ3v) is 10.5. The van der Waals surface area contributed by atoms with Crippen molar-refractivity contribution in [1.82, 2.24) is 10.2 Å². The molecule has 0 saturated carbocycles. The zero-order chi connectivity index (χ0) is 34.2. The van der Waals surface area contributed by atoms with Crippen LogP contribution in [0.3, 0.4) is 0 Å². The maximum atomic E-state index is 14.0. The minimum absolute atomic E-state index is 0.00239. The Morgan fingerprint density at radius 1 is 1.08 bits per heavy atom. The van der Waals surface area contributed by atoms with Gasteiger partial charge in [0.25, 0.3) is 5.91 Å². The summed E-state index contributed by atoms with van der Waals surface area (Å²) in [6, 6.07) is 4.15. The Morgan fingerprint density at radius 3 is 2.54 bits per heavy atom. The molecule has 13 nitrogen and oxygen atoms in total. The first kappa shape index (κ1) is 32.9. The molecule has 5 aliphatic rings. The molecule has 2 aliphatic carbocycles. The van der Waals surface area contributed by atoms with E-state index in [0.717, 1.165) is 19.4 Å². The van der Waals surface area contributed by atoms with Crippen LogP contribution >= 0.6 is 0 Å². The minimum atomic E-state index is -2.09. The van der Waals surface area contributed by atoms with Crippen LogP contribution in [0.4, 0.5) is 0 Å². The van der Waals surface area contributed by atoms with Gasteiger partial charge in [-0.2, -0.15) is 0 Å². The number of methoxy groups -OCH3 is 2. The van der Waals surface area contributed by atoms with Gasteiger partial charge in [0.1, 0.15) is 35.2 Å². The molecule has 48 heavy (non-hydrogen) atoms. The van der Waals surface area contributed by atoms with E-state index in [2.05, 4.69) is 10.2 Å². The maximum absolute atomic E-state index is 14.0. The number of carbonyl (C=O) groups excluding carboxylic acids is 3. The van der Waals surface area contributed by atoms with Gasteiger partial charge in [-0.05, 0) is 39.7 Å². The fourth-order valence-electron chi connectivity index (χ4n) is 8.29. The Hall–Kier alpha value is -3.59. The van der Waals surface area contributed by atoms with E-state index < -0.39 is 65.1 Å². The zero-order valence-electron chi connectivity index (χ0n) is 27.6. The lowest BCUT2D eigenvalue weighted by atomic mass is 9.72. The van der Waals surface area contributed by atoms with Gasteiger partial charge in [-0.1, -0.05) is 12.1 Å². The van der Waals surface area contributed by atoms with Crippen molar-refractivity contribution in [3.05, 3.63) is 51.6 Å². The van der Waals surface area contributed by atoms with Crippen molar-refractivity contribution in [2.75, 3.05) is 20.8 Å². The number of aliphatic hydroxyl groups is 1. The maximum Gasteiger partial charge on any atom is 0.252 e. The van der Waals surface area contributed by atoms with Gasteiger partial charge in [0, 0.05) is 61.7 Å². The van der Waals surface area contributed by atoms with Crippen LogP contribution in [0.5, 0.6) is 17.2 Å². The van der Waals surface area contributed by atoms with E-state index in [-0.39, 0.29) is 70.5 Å². The van der Waals surface area contributed by atoms with Gasteiger partial charge >= 0.3 is 0 Å². The van der Waals surface area contributed by atoms with Crippen LogP contribution in [-0.2, 0) is 30.2 Å². The summed E-state index contributed by atoms with van der Waals surface area (Å²) < 4.78 is 30.4. The summed E-state index contributed by atoms with van der Waals surface area (Å²) in [4.78, 5) is 43.6. The second-order valence-electron chi connectivity index (χ2n) is 13.8. The zero-order valence-corrected chi connectivity index (χ0v) is 27.6. The van der Waals surface area contributed by atoms with Crippen LogP contribution in [0.25, 0.3) is 0 Å². The number of amides is 1. The monoisotopic (exact) mass is 666 g/mol. The van der Waals surface area contributed by atoms with Crippen LogP contribution in [0.15, 0.2) is 18.2 Å². The number of rotatable bonds is 6. The number of aromatic hydroxyl groups is 2. The second-order valence-corrected chi connectivity index (χ2v) is 13.8. The summed E-state index contributed by atoms with van der Waals surface area (Å²) in [5.41, 5.74) is -2.95. The molecule has 3 aliphatic heterocycles. The highest BCUT2D eigenvalue weighted by molar-refractivity contribution is 6.31. The lowest BCUT2D eigenvalue weighted by Crippen LogP contribution is -2.55. The molecule has 2 aromatic rings. The topological polar surface area (TPSA) is 173 Å². The van der Waals surface area contributed by atoms with Gasteiger partial charge in [-0.3, -0.25) is 19.3 Å². The number of phenols is 2. The molecule has 8 atom stereocenters. The van der Waals surface area contributed by atoms with E-state index in [1.54, 1.807) is 27.0 Å². The van der Waals surface area contributed by atoms with Gasteiger partial charge in [0.2, 0.25) is 5.78 Å². The molecule has 0 bridgehead atoms. The average Bonchev–Trinajstić information content (AvgIpc) is 3.43. The SMILES string of the molecule is COc1cccc2c1C(=O)c1c(O)c3c(c(O)c1C2=O)C[C@@](O)(C(=O)NC(C)C)C[C@@H]3O[C@H]1CC2[C@H](O[C@@H]3[C@@H](OC)CCCN23)[C@H](C)O1. The lowest BCUT2D eigenvalue weighted by molar-refractivity contribution is -0.248. The second kappa shape index (κ2) is 12.1. The van der Waals surface area contributed by atoms with Gasteiger partial charge < -0.3 is 44.3 Å². The number of benzene rings is 2. The molecule has 3 heterocycles. The van der Waals surface area contributed by atoms with E-state index in [9.17, 15) is 29.7 Å². The molecule has 258 valence electrons.